The fourth-order valence-corrected chi connectivity index (χ4v) is 3.86. The van der Waals surface area contributed by atoms with E-state index in [-0.39, 0.29) is 12.2 Å². The third-order valence-corrected chi connectivity index (χ3v) is 5.38. The Balaban J connectivity index is 1.65. The Morgan fingerprint density at radius 1 is 0.871 bits per heavy atom. The Hall–Kier alpha value is -3.64. The van der Waals surface area contributed by atoms with Gasteiger partial charge in [-0.05, 0) is 23.3 Å². The van der Waals surface area contributed by atoms with Crippen molar-refractivity contribution in [3.8, 4) is 11.5 Å². The smallest absolute Gasteiger partial charge is 0.310 e. The van der Waals surface area contributed by atoms with E-state index in [2.05, 4.69) is 0 Å². The van der Waals surface area contributed by atoms with Gasteiger partial charge in [-0.2, -0.15) is 0 Å². The van der Waals surface area contributed by atoms with E-state index in [4.69, 9.17) is 14.2 Å². The standard InChI is InChI=1S/C25H22O6/c1-29-20-12-11-15(13-21(20)30-2)14-22(26)31-25-19-10-6-5-9-18(19)23(27)16-7-3-4-8-17(16)24(25)28/h3-13,24-25,28H,14H2,1-2H3/t24-,25-/m0/s1. The quantitative estimate of drug-likeness (QED) is 0.635. The molecule has 0 aliphatic heterocycles. The molecule has 0 fully saturated rings. The number of hydrogen-bond donors (Lipinski definition) is 1. The molecule has 0 unspecified atom stereocenters. The normalized spacial score (nSPS) is 17.2. The van der Waals surface area contributed by atoms with Crippen molar-refractivity contribution in [2.24, 2.45) is 0 Å². The number of carbonyl (C=O) groups excluding carboxylic acids is 2. The Labute approximate surface area is 180 Å². The highest BCUT2D eigenvalue weighted by molar-refractivity contribution is 6.11. The van der Waals surface area contributed by atoms with E-state index < -0.39 is 18.2 Å². The molecule has 1 aliphatic rings. The third-order valence-electron chi connectivity index (χ3n) is 5.38. The molecule has 0 aromatic heterocycles. The molecule has 0 bridgehead atoms. The molecule has 3 aromatic rings. The van der Waals surface area contributed by atoms with Crippen LogP contribution in [0.4, 0.5) is 0 Å². The lowest BCUT2D eigenvalue weighted by Gasteiger charge is -2.23. The summed E-state index contributed by atoms with van der Waals surface area (Å²) < 4.78 is 16.2. The van der Waals surface area contributed by atoms with Gasteiger partial charge in [0.15, 0.2) is 23.4 Å². The Bertz CT molecular complexity index is 1140. The zero-order valence-corrected chi connectivity index (χ0v) is 17.2. The second-order valence-corrected chi connectivity index (χ2v) is 7.23. The molecule has 0 amide bonds. The summed E-state index contributed by atoms with van der Waals surface area (Å²) in [5, 5.41) is 11.1. The van der Waals surface area contributed by atoms with Crippen molar-refractivity contribution in [1.82, 2.24) is 0 Å². The number of ketones is 1. The fraction of sp³-hybridized carbons (Fsp3) is 0.200. The van der Waals surface area contributed by atoms with E-state index >= 15 is 0 Å². The number of rotatable bonds is 5. The molecule has 0 spiro atoms. The maximum Gasteiger partial charge on any atom is 0.310 e. The lowest BCUT2D eigenvalue weighted by atomic mass is 9.98. The van der Waals surface area contributed by atoms with Crippen LogP contribution in [0, 0.1) is 0 Å². The summed E-state index contributed by atoms with van der Waals surface area (Å²) in [6.07, 6.45) is -2.20. The molecule has 0 saturated carbocycles. The number of fused-ring (bicyclic) bond motifs is 2. The third kappa shape index (κ3) is 3.90. The SMILES string of the molecule is COc1ccc(CC(=O)O[C@H]2c3ccccc3C(=O)c3ccccc3[C@@H]2O)cc1OC. The van der Waals surface area contributed by atoms with Gasteiger partial charge in [-0.3, -0.25) is 9.59 Å². The lowest BCUT2D eigenvalue weighted by molar-refractivity contribution is -0.155. The molecule has 1 N–H and O–H groups in total. The summed E-state index contributed by atoms with van der Waals surface area (Å²) >= 11 is 0. The van der Waals surface area contributed by atoms with Crippen LogP contribution in [0.25, 0.3) is 0 Å². The van der Waals surface area contributed by atoms with E-state index in [1.807, 2.05) is 0 Å². The second-order valence-electron chi connectivity index (χ2n) is 7.23. The van der Waals surface area contributed by atoms with E-state index in [9.17, 15) is 14.7 Å². The highest BCUT2D eigenvalue weighted by Crippen LogP contribution is 2.40. The number of ether oxygens (including phenoxy) is 3. The molecule has 3 aromatic carbocycles. The van der Waals surface area contributed by atoms with Crippen LogP contribution >= 0.6 is 0 Å². The van der Waals surface area contributed by atoms with Gasteiger partial charge in [-0.1, -0.05) is 54.6 Å². The summed E-state index contributed by atoms with van der Waals surface area (Å²) in [5.74, 6) is 0.330. The molecule has 31 heavy (non-hydrogen) atoms. The first-order valence-electron chi connectivity index (χ1n) is 9.84. The predicted octanol–water partition coefficient (Wildman–Crippen LogP) is 3.81. The van der Waals surface area contributed by atoms with Crippen molar-refractivity contribution in [2.45, 2.75) is 18.6 Å². The average molecular weight is 418 g/mol. The lowest BCUT2D eigenvalue weighted by Crippen LogP contribution is -2.20. The zero-order valence-electron chi connectivity index (χ0n) is 17.2. The summed E-state index contributed by atoms with van der Waals surface area (Å²) in [4.78, 5) is 25.9. The highest BCUT2D eigenvalue weighted by atomic mass is 16.6. The first-order chi connectivity index (χ1) is 15.0. The molecule has 4 rings (SSSR count). The average Bonchev–Trinajstić information content (AvgIpc) is 2.89. The summed E-state index contributed by atoms with van der Waals surface area (Å²) in [5.41, 5.74) is 2.41. The Morgan fingerprint density at radius 2 is 1.48 bits per heavy atom. The molecule has 0 heterocycles. The van der Waals surface area contributed by atoms with E-state index in [0.717, 1.165) is 0 Å². The van der Waals surface area contributed by atoms with Crippen molar-refractivity contribution in [3.05, 3.63) is 94.5 Å². The van der Waals surface area contributed by atoms with Crippen LogP contribution in [0.3, 0.4) is 0 Å². The maximum atomic E-state index is 13.0. The largest absolute Gasteiger partial charge is 0.493 e. The van der Waals surface area contributed by atoms with E-state index in [1.54, 1.807) is 66.7 Å². The molecule has 2 atom stereocenters. The Kier molecular flexibility index (Phi) is 5.73. The molecular weight excluding hydrogens is 396 g/mol. The van der Waals surface area contributed by atoms with Crippen LogP contribution in [-0.2, 0) is 16.0 Å². The first kappa shape index (κ1) is 20.6. The van der Waals surface area contributed by atoms with Crippen molar-refractivity contribution >= 4 is 11.8 Å². The van der Waals surface area contributed by atoms with Crippen LogP contribution in [0.2, 0.25) is 0 Å². The molecule has 0 saturated heterocycles. The Morgan fingerprint density at radius 3 is 2.16 bits per heavy atom. The molecular formula is C25H22O6. The van der Waals surface area contributed by atoms with Crippen LogP contribution in [0.15, 0.2) is 66.7 Å². The van der Waals surface area contributed by atoms with Crippen molar-refractivity contribution in [2.75, 3.05) is 14.2 Å². The zero-order chi connectivity index (χ0) is 22.0. The molecule has 0 radical (unpaired) electrons. The fourth-order valence-electron chi connectivity index (χ4n) is 3.86. The minimum atomic E-state index is -1.17. The first-order valence-corrected chi connectivity index (χ1v) is 9.84. The number of benzene rings is 3. The van der Waals surface area contributed by atoms with Gasteiger partial charge in [0.2, 0.25) is 0 Å². The number of esters is 1. The molecule has 6 heteroatoms. The summed E-state index contributed by atoms with van der Waals surface area (Å²) in [7, 11) is 3.06. The number of aliphatic hydroxyl groups excluding tert-OH is 1. The number of aliphatic hydroxyl groups is 1. The van der Waals surface area contributed by atoms with Gasteiger partial charge in [0.1, 0.15) is 6.10 Å². The van der Waals surface area contributed by atoms with Gasteiger partial charge in [0.25, 0.3) is 0 Å². The van der Waals surface area contributed by atoms with Crippen molar-refractivity contribution in [1.29, 1.82) is 0 Å². The predicted molar refractivity (Wildman–Crippen MR) is 113 cm³/mol. The second kappa shape index (κ2) is 8.62. The summed E-state index contributed by atoms with van der Waals surface area (Å²) in [6.45, 7) is 0. The van der Waals surface area contributed by atoms with Crippen molar-refractivity contribution < 1.29 is 28.9 Å². The number of methoxy groups -OCH3 is 2. The van der Waals surface area contributed by atoms with Gasteiger partial charge in [0, 0.05) is 16.7 Å². The van der Waals surface area contributed by atoms with Gasteiger partial charge in [-0.15, -0.1) is 0 Å². The topological polar surface area (TPSA) is 82.1 Å². The summed E-state index contributed by atoms with van der Waals surface area (Å²) in [6, 6.07) is 18.9. The van der Waals surface area contributed by atoms with Gasteiger partial charge >= 0.3 is 5.97 Å². The van der Waals surface area contributed by atoms with Crippen LogP contribution in [-0.4, -0.2) is 31.1 Å². The molecule has 6 nitrogen and oxygen atoms in total. The van der Waals surface area contributed by atoms with E-state index in [0.29, 0.717) is 39.3 Å². The van der Waals surface area contributed by atoms with Crippen molar-refractivity contribution in [3.63, 3.8) is 0 Å². The highest BCUT2D eigenvalue weighted by Gasteiger charge is 2.36. The van der Waals surface area contributed by atoms with Gasteiger partial charge in [0.05, 0.1) is 20.6 Å². The molecule has 1 aliphatic carbocycles. The van der Waals surface area contributed by atoms with Crippen LogP contribution in [0.5, 0.6) is 11.5 Å². The molecule has 158 valence electrons. The monoisotopic (exact) mass is 418 g/mol. The van der Waals surface area contributed by atoms with E-state index in [1.165, 1.54) is 14.2 Å². The van der Waals surface area contributed by atoms with Crippen LogP contribution < -0.4 is 9.47 Å². The van der Waals surface area contributed by atoms with Crippen LogP contribution in [0.1, 0.15) is 44.8 Å². The number of hydrogen-bond acceptors (Lipinski definition) is 6. The minimum absolute atomic E-state index is 0.0265. The number of carbonyl (C=O) groups is 2. The van der Waals surface area contributed by atoms with Gasteiger partial charge in [-0.25, -0.2) is 0 Å². The maximum absolute atomic E-state index is 13.0. The minimum Gasteiger partial charge on any atom is -0.493 e. The van der Waals surface area contributed by atoms with Gasteiger partial charge < -0.3 is 19.3 Å².